The summed E-state index contributed by atoms with van der Waals surface area (Å²) in [5, 5.41) is 9.02. The molecule has 0 fully saturated rings. The third-order valence-corrected chi connectivity index (χ3v) is 2.62. The van der Waals surface area contributed by atoms with Crippen LogP contribution in [0.25, 0.3) is 0 Å². The maximum atomic E-state index is 11.0. The van der Waals surface area contributed by atoms with E-state index in [-0.39, 0.29) is 11.2 Å². The number of aromatic carboxylic acids is 1. The number of fused-ring (bicyclic) bond motifs is 1. The number of ether oxygens (including phenoxy) is 2. The van der Waals surface area contributed by atoms with Crippen molar-refractivity contribution < 1.29 is 19.4 Å². The first-order valence-corrected chi connectivity index (χ1v) is 5.07. The molecule has 0 atom stereocenters. The Morgan fingerprint density at radius 2 is 2.19 bits per heavy atom. The zero-order valence-electron chi connectivity index (χ0n) is 9.53. The van der Waals surface area contributed by atoms with Crippen LogP contribution < -0.4 is 9.47 Å². The van der Waals surface area contributed by atoms with Gasteiger partial charge in [0, 0.05) is 12.0 Å². The molecule has 1 aliphatic rings. The molecule has 1 heterocycles. The van der Waals surface area contributed by atoms with Crippen LogP contribution in [0.15, 0.2) is 12.1 Å². The van der Waals surface area contributed by atoms with Crippen LogP contribution in [0, 0.1) is 0 Å². The summed E-state index contributed by atoms with van der Waals surface area (Å²) in [6.07, 6.45) is 0.762. The van der Waals surface area contributed by atoms with Gasteiger partial charge in [0.2, 0.25) is 0 Å². The second-order valence-electron chi connectivity index (χ2n) is 4.48. The molecule has 0 saturated carbocycles. The van der Waals surface area contributed by atoms with Crippen molar-refractivity contribution in [2.45, 2.75) is 25.9 Å². The highest BCUT2D eigenvalue weighted by Gasteiger charge is 2.34. The monoisotopic (exact) mass is 222 g/mol. The minimum Gasteiger partial charge on any atom is -0.492 e. The molecule has 0 unspecified atom stereocenters. The van der Waals surface area contributed by atoms with Crippen molar-refractivity contribution >= 4 is 5.97 Å². The normalized spacial score (nSPS) is 16.4. The zero-order valence-corrected chi connectivity index (χ0v) is 9.53. The van der Waals surface area contributed by atoms with Gasteiger partial charge in [-0.15, -0.1) is 0 Å². The first kappa shape index (κ1) is 10.8. The standard InChI is InChI=1S/C12H14O4/c1-12(2)6-7-4-5-8(11(13)14)10(15-3)9(7)16-12/h4-5H,6H2,1-3H3,(H,13,14). The number of methoxy groups -OCH3 is 1. The predicted molar refractivity (Wildman–Crippen MR) is 58.4 cm³/mol. The van der Waals surface area contributed by atoms with Crippen LogP contribution in [0.1, 0.15) is 29.8 Å². The molecule has 0 bridgehead atoms. The van der Waals surface area contributed by atoms with Gasteiger partial charge in [0.05, 0.1) is 7.11 Å². The van der Waals surface area contributed by atoms with Crippen LogP contribution in [0.4, 0.5) is 0 Å². The van der Waals surface area contributed by atoms with Crippen LogP contribution in [-0.2, 0) is 6.42 Å². The van der Waals surface area contributed by atoms with Gasteiger partial charge in [-0.05, 0) is 19.9 Å². The molecule has 1 N–H and O–H groups in total. The molecular weight excluding hydrogens is 208 g/mol. The summed E-state index contributed by atoms with van der Waals surface area (Å²) in [4.78, 5) is 11.0. The largest absolute Gasteiger partial charge is 0.492 e. The van der Waals surface area contributed by atoms with Gasteiger partial charge in [0.25, 0.3) is 0 Å². The lowest BCUT2D eigenvalue weighted by molar-refractivity contribution is 0.0690. The van der Waals surface area contributed by atoms with Crippen molar-refractivity contribution in [3.8, 4) is 11.5 Å². The quantitative estimate of drug-likeness (QED) is 0.832. The van der Waals surface area contributed by atoms with Gasteiger partial charge in [-0.2, -0.15) is 0 Å². The van der Waals surface area contributed by atoms with Gasteiger partial charge in [0.15, 0.2) is 11.5 Å². The highest BCUT2D eigenvalue weighted by atomic mass is 16.5. The second kappa shape index (κ2) is 3.40. The summed E-state index contributed by atoms with van der Waals surface area (Å²) < 4.78 is 10.9. The van der Waals surface area contributed by atoms with E-state index in [0.717, 1.165) is 12.0 Å². The molecule has 16 heavy (non-hydrogen) atoms. The fourth-order valence-electron chi connectivity index (χ4n) is 2.00. The topological polar surface area (TPSA) is 55.8 Å². The highest BCUT2D eigenvalue weighted by Crippen LogP contribution is 2.43. The molecule has 2 rings (SSSR count). The lowest BCUT2D eigenvalue weighted by Crippen LogP contribution is -2.24. The summed E-state index contributed by atoms with van der Waals surface area (Å²) in [6, 6.07) is 3.35. The first-order chi connectivity index (χ1) is 7.44. The maximum absolute atomic E-state index is 11.0. The number of rotatable bonds is 2. The highest BCUT2D eigenvalue weighted by molar-refractivity contribution is 5.92. The predicted octanol–water partition coefficient (Wildman–Crippen LogP) is 2.11. The fraction of sp³-hybridized carbons (Fsp3) is 0.417. The van der Waals surface area contributed by atoms with Crippen LogP contribution >= 0.6 is 0 Å². The van der Waals surface area contributed by atoms with E-state index in [9.17, 15) is 4.79 Å². The fourth-order valence-corrected chi connectivity index (χ4v) is 2.00. The Labute approximate surface area is 93.8 Å². The molecule has 0 saturated heterocycles. The first-order valence-electron chi connectivity index (χ1n) is 5.07. The summed E-state index contributed by atoms with van der Waals surface area (Å²) in [5.41, 5.74) is 0.832. The zero-order chi connectivity index (χ0) is 11.9. The van der Waals surface area contributed by atoms with E-state index in [4.69, 9.17) is 14.6 Å². The SMILES string of the molecule is COc1c(C(=O)O)ccc2c1OC(C)(C)C2. The molecule has 0 radical (unpaired) electrons. The van der Waals surface area contributed by atoms with Gasteiger partial charge in [-0.25, -0.2) is 4.79 Å². The number of hydrogen-bond acceptors (Lipinski definition) is 3. The Kier molecular flexibility index (Phi) is 2.30. The third kappa shape index (κ3) is 1.60. The molecule has 1 aromatic carbocycles. The molecule has 0 aliphatic carbocycles. The minimum atomic E-state index is -1.01. The number of hydrogen-bond donors (Lipinski definition) is 1. The number of carbonyl (C=O) groups is 1. The van der Waals surface area contributed by atoms with Crippen LogP contribution in [0.3, 0.4) is 0 Å². The Hall–Kier alpha value is -1.71. The van der Waals surface area contributed by atoms with E-state index in [1.807, 2.05) is 13.8 Å². The molecule has 1 aromatic rings. The van der Waals surface area contributed by atoms with E-state index in [0.29, 0.717) is 11.5 Å². The second-order valence-corrected chi connectivity index (χ2v) is 4.48. The van der Waals surface area contributed by atoms with Gasteiger partial charge < -0.3 is 14.6 Å². The average Bonchev–Trinajstić information content (AvgIpc) is 2.49. The van der Waals surface area contributed by atoms with Crippen molar-refractivity contribution in [1.29, 1.82) is 0 Å². The molecule has 1 aliphatic heterocycles. The molecule has 4 heteroatoms. The Morgan fingerprint density at radius 1 is 1.50 bits per heavy atom. The van der Waals surface area contributed by atoms with Crippen molar-refractivity contribution in [3.63, 3.8) is 0 Å². The molecular formula is C12H14O4. The van der Waals surface area contributed by atoms with E-state index in [1.54, 1.807) is 12.1 Å². The lowest BCUT2D eigenvalue weighted by atomic mass is 10.0. The third-order valence-electron chi connectivity index (χ3n) is 2.62. The van der Waals surface area contributed by atoms with Crippen molar-refractivity contribution in [3.05, 3.63) is 23.3 Å². The van der Waals surface area contributed by atoms with Gasteiger partial charge in [0.1, 0.15) is 11.2 Å². The van der Waals surface area contributed by atoms with Crippen molar-refractivity contribution in [2.75, 3.05) is 7.11 Å². The van der Waals surface area contributed by atoms with E-state index >= 15 is 0 Å². The summed E-state index contributed by atoms with van der Waals surface area (Å²) in [5.74, 6) is -0.129. The molecule has 4 nitrogen and oxygen atoms in total. The summed E-state index contributed by atoms with van der Waals surface area (Å²) >= 11 is 0. The van der Waals surface area contributed by atoms with Crippen molar-refractivity contribution in [2.24, 2.45) is 0 Å². The summed E-state index contributed by atoms with van der Waals surface area (Å²) in [7, 11) is 1.46. The molecule has 0 spiro atoms. The number of carboxylic acid groups (broad SMARTS) is 1. The number of carboxylic acids is 1. The van der Waals surface area contributed by atoms with Crippen LogP contribution in [-0.4, -0.2) is 23.8 Å². The average molecular weight is 222 g/mol. The minimum absolute atomic E-state index is 0.138. The van der Waals surface area contributed by atoms with Crippen molar-refractivity contribution in [1.82, 2.24) is 0 Å². The Morgan fingerprint density at radius 3 is 2.75 bits per heavy atom. The smallest absolute Gasteiger partial charge is 0.339 e. The molecule has 0 amide bonds. The van der Waals surface area contributed by atoms with E-state index < -0.39 is 5.97 Å². The Balaban J connectivity index is 2.56. The van der Waals surface area contributed by atoms with Gasteiger partial charge in [-0.1, -0.05) is 6.07 Å². The maximum Gasteiger partial charge on any atom is 0.339 e. The number of benzene rings is 1. The Bertz CT molecular complexity index is 449. The van der Waals surface area contributed by atoms with Gasteiger partial charge in [-0.3, -0.25) is 0 Å². The lowest BCUT2D eigenvalue weighted by Gasteiger charge is -2.18. The van der Waals surface area contributed by atoms with E-state index in [1.165, 1.54) is 7.11 Å². The summed E-state index contributed by atoms with van der Waals surface area (Å²) in [6.45, 7) is 3.93. The van der Waals surface area contributed by atoms with Crippen LogP contribution in [0.2, 0.25) is 0 Å². The molecule has 86 valence electrons. The molecule has 0 aromatic heterocycles. The van der Waals surface area contributed by atoms with Crippen LogP contribution in [0.5, 0.6) is 11.5 Å². The van der Waals surface area contributed by atoms with Gasteiger partial charge >= 0.3 is 5.97 Å². The van der Waals surface area contributed by atoms with E-state index in [2.05, 4.69) is 0 Å².